The zero-order valence-corrected chi connectivity index (χ0v) is 24.0. The Morgan fingerprint density at radius 3 is 1.14 bits per heavy atom. The summed E-state index contributed by atoms with van der Waals surface area (Å²) in [6.45, 7) is 0. The second kappa shape index (κ2) is 12.8. The van der Waals surface area contributed by atoms with Gasteiger partial charge in [0.25, 0.3) is 0 Å². The van der Waals surface area contributed by atoms with Crippen LogP contribution in [0.3, 0.4) is 0 Å². The molecule has 37 heavy (non-hydrogen) atoms. The molecular formula is C21H16F6I2O6S2. The topological polar surface area (TPSA) is 114 Å². The Morgan fingerprint density at radius 2 is 0.892 bits per heavy atom. The molecule has 0 N–H and O–H groups in total. The molecule has 0 amide bonds. The minimum Gasteiger partial charge on any atom is -0.741 e. The normalized spacial score (nSPS) is 19.1. The number of hydrogen-bond donors (Lipinski definition) is 0. The standard InChI is InChI=1S/C19H16I2.2CHF3O3S/c1-3-7-16(8-4-1)20-18-14-11-12-15(13-14)19(18)21-17-9-5-2-6-10-17;2*2-1(3,4)8(5,6)7/h1-12,14-15H,13H2;2*(H,5,6,7)/q+2;;/p-2/t14-,15+;;. The molecule has 16 heteroatoms. The first-order valence-electron chi connectivity index (χ1n) is 9.76. The van der Waals surface area contributed by atoms with E-state index < -0.39 is 31.3 Å². The Balaban J connectivity index is 0.000000251. The van der Waals surface area contributed by atoms with Crippen LogP contribution < -0.4 is 42.4 Å². The third kappa shape index (κ3) is 9.79. The second-order valence-corrected chi connectivity index (χ2v) is 15.7. The molecule has 0 aromatic heterocycles. The first-order valence-corrected chi connectivity index (χ1v) is 16.9. The number of fused-ring (bicyclic) bond motifs is 2. The zero-order valence-electron chi connectivity index (χ0n) is 18.1. The predicted octanol–water partition coefficient (Wildman–Crippen LogP) is -1.58. The Bertz CT molecular complexity index is 1230. The minimum absolute atomic E-state index is 0.0244. The van der Waals surface area contributed by atoms with Crippen molar-refractivity contribution in [3.8, 4) is 0 Å². The second-order valence-electron chi connectivity index (χ2n) is 7.11. The van der Waals surface area contributed by atoms with E-state index in [1.807, 2.05) is 7.16 Å². The Labute approximate surface area is 229 Å². The predicted molar refractivity (Wildman–Crippen MR) is 110 cm³/mol. The molecule has 0 fully saturated rings. The van der Waals surface area contributed by atoms with Gasteiger partial charge in [0.15, 0.2) is 27.4 Å². The highest BCUT2D eigenvalue weighted by Crippen LogP contribution is 2.36. The smallest absolute Gasteiger partial charge is 0.485 e. The van der Waals surface area contributed by atoms with Crippen LogP contribution in [0, 0.1) is 19.0 Å². The molecule has 2 atom stereocenters. The number of alkyl halides is 6. The summed E-state index contributed by atoms with van der Waals surface area (Å²) in [4.78, 5) is 0. The molecule has 2 aliphatic rings. The highest BCUT2D eigenvalue weighted by molar-refractivity contribution is 7.86. The van der Waals surface area contributed by atoms with Crippen LogP contribution in [0.5, 0.6) is 0 Å². The van der Waals surface area contributed by atoms with Gasteiger partial charge in [-0.1, -0.05) is 48.6 Å². The zero-order chi connectivity index (χ0) is 28.1. The van der Waals surface area contributed by atoms with Gasteiger partial charge < -0.3 is 9.11 Å². The lowest BCUT2D eigenvalue weighted by molar-refractivity contribution is -0.622. The van der Waals surface area contributed by atoms with Crippen LogP contribution >= 0.6 is 0 Å². The van der Waals surface area contributed by atoms with Gasteiger partial charge in [0.2, 0.25) is 7.16 Å². The molecule has 6 nitrogen and oxygen atoms in total. The van der Waals surface area contributed by atoms with Gasteiger partial charge in [0.05, 0.1) is 11.8 Å². The molecule has 2 aromatic rings. The van der Waals surface area contributed by atoms with Gasteiger partial charge in [-0.2, -0.15) is 26.3 Å². The molecule has 0 radical (unpaired) electrons. The SMILES string of the molecule is C1=C[C@H]2C[C@@H]1C([I+]c1ccccc1)=C2[I+]c1ccccc1.O=S(=O)([O-])C(F)(F)F.O=S(=O)([O-])C(F)(F)F. The lowest BCUT2D eigenvalue weighted by Crippen LogP contribution is -3.66. The quantitative estimate of drug-likeness (QED) is 0.122. The molecular weight excluding hydrogens is 780 g/mol. The molecule has 0 saturated carbocycles. The number of halogens is 8. The van der Waals surface area contributed by atoms with Crippen LogP contribution in [0.1, 0.15) is 6.42 Å². The molecule has 0 unspecified atom stereocenters. The number of allylic oxidation sites excluding steroid dienone is 4. The summed E-state index contributed by atoms with van der Waals surface area (Å²) in [5.74, 6) is 1.53. The van der Waals surface area contributed by atoms with Crippen LogP contribution in [0.15, 0.2) is 80.0 Å². The number of hydrogen-bond acceptors (Lipinski definition) is 6. The summed E-state index contributed by atoms with van der Waals surface area (Å²) >= 11 is 0.0488. The fourth-order valence-corrected chi connectivity index (χ4v) is 10.1. The van der Waals surface area contributed by atoms with E-state index in [2.05, 4.69) is 72.8 Å². The van der Waals surface area contributed by atoms with E-state index in [1.54, 1.807) is 7.14 Å². The van der Waals surface area contributed by atoms with E-state index in [0.29, 0.717) is 0 Å². The van der Waals surface area contributed by atoms with Gasteiger partial charge in [-0.3, -0.25) is 0 Å². The summed E-state index contributed by atoms with van der Waals surface area (Å²) in [6.07, 6.45) is 6.31. The lowest BCUT2D eigenvalue weighted by atomic mass is 10.2. The summed E-state index contributed by atoms with van der Waals surface area (Å²) in [7, 11) is -12.2. The van der Waals surface area contributed by atoms with E-state index >= 15 is 0 Å². The maximum absolute atomic E-state index is 10.7. The third-order valence-electron chi connectivity index (χ3n) is 4.42. The summed E-state index contributed by atoms with van der Waals surface area (Å²) in [5, 5.41) is 0. The monoisotopic (exact) mass is 796 g/mol. The highest BCUT2D eigenvalue weighted by atomic mass is 127. The van der Waals surface area contributed by atoms with Crippen molar-refractivity contribution in [2.45, 2.75) is 17.4 Å². The van der Waals surface area contributed by atoms with Gasteiger partial charge in [0, 0.05) is 0 Å². The van der Waals surface area contributed by atoms with E-state index in [1.165, 1.54) is 6.42 Å². The van der Waals surface area contributed by atoms with E-state index in [9.17, 15) is 26.3 Å². The first-order chi connectivity index (χ1) is 16.9. The van der Waals surface area contributed by atoms with Crippen molar-refractivity contribution in [2.75, 3.05) is 0 Å². The summed E-state index contributed by atoms with van der Waals surface area (Å²) in [5.41, 5.74) is -11.3. The number of rotatable bonds is 4. The molecule has 0 spiro atoms. The van der Waals surface area contributed by atoms with Gasteiger partial charge >= 0.3 is 53.4 Å². The molecule has 204 valence electrons. The van der Waals surface area contributed by atoms with Gasteiger partial charge in [0.1, 0.15) is 0 Å². The van der Waals surface area contributed by atoms with Gasteiger partial charge in [-0.05, 0) is 30.7 Å². The van der Waals surface area contributed by atoms with Crippen molar-refractivity contribution in [1.82, 2.24) is 0 Å². The average Bonchev–Trinajstić information content (AvgIpc) is 3.36. The Kier molecular flexibility index (Phi) is 11.0. The van der Waals surface area contributed by atoms with Crippen LogP contribution in [-0.4, -0.2) is 37.0 Å². The molecule has 0 aliphatic heterocycles. The van der Waals surface area contributed by atoms with Crippen LogP contribution in [0.25, 0.3) is 0 Å². The Morgan fingerprint density at radius 1 is 0.622 bits per heavy atom. The van der Waals surface area contributed by atoms with E-state index in [4.69, 9.17) is 25.9 Å². The van der Waals surface area contributed by atoms with Crippen molar-refractivity contribution in [3.05, 3.63) is 87.1 Å². The Hall–Kier alpha value is -1.22. The summed E-state index contributed by atoms with van der Waals surface area (Å²) < 4.78 is 125. The minimum atomic E-state index is -6.09. The maximum Gasteiger partial charge on any atom is 0.485 e. The van der Waals surface area contributed by atoms with Crippen molar-refractivity contribution < 1.29 is 94.7 Å². The largest absolute Gasteiger partial charge is 0.741 e. The molecule has 2 bridgehead atoms. The molecule has 4 rings (SSSR count). The molecule has 2 aliphatic carbocycles. The van der Waals surface area contributed by atoms with E-state index in [0.717, 1.165) is 11.8 Å². The highest BCUT2D eigenvalue weighted by Gasteiger charge is 2.50. The summed E-state index contributed by atoms with van der Waals surface area (Å²) in [6, 6.07) is 22.2. The third-order valence-corrected chi connectivity index (χ3v) is 13.2. The molecule has 2 aromatic carbocycles. The fraction of sp³-hybridized carbons (Fsp3) is 0.238. The first kappa shape index (κ1) is 32.0. The van der Waals surface area contributed by atoms with Gasteiger partial charge in [-0.25, -0.2) is 16.8 Å². The van der Waals surface area contributed by atoms with Crippen molar-refractivity contribution in [2.24, 2.45) is 11.8 Å². The van der Waals surface area contributed by atoms with E-state index in [-0.39, 0.29) is 42.4 Å². The van der Waals surface area contributed by atoms with Crippen LogP contribution in [0.4, 0.5) is 26.3 Å². The molecule has 0 heterocycles. The van der Waals surface area contributed by atoms with Crippen molar-refractivity contribution in [3.63, 3.8) is 0 Å². The van der Waals surface area contributed by atoms with Crippen molar-refractivity contribution >= 4 is 20.2 Å². The van der Waals surface area contributed by atoms with Gasteiger partial charge in [-0.15, -0.1) is 0 Å². The maximum atomic E-state index is 10.7. The fourth-order valence-electron chi connectivity index (χ4n) is 2.85. The van der Waals surface area contributed by atoms with Crippen molar-refractivity contribution in [1.29, 1.82) is 0 Å². The van der Waals surface area contributed by atoms with Crippen LogP contribution in [0.2, 0.25) is 0 Å². The average molecular weight is 796 g/mol. The number of benzene rings is 2. The van der Waals surface area contributed by atoms with Crippen LogP contribution in [-0.2, 0) is 20.2 Å². The molecule has 0 saturated heterocycles. The lowest BCUT2D eigenvalue weighted by Gasteiger charge is -2.08.